The molecule has 4 nitrogen and oxygen atoms in total. The zero-order valence-electron chi connectivity index (χ0n) is 12.6. The number of piperidine rings is 1. The first-order valence-electron chi connectivity index (χ1n) is 8.02. The van der Waals surface area contributed by atoms with Crippen molar-refractivity contribution in [2.24, 2.45) is 11.3 Å². The molecule has 0 unspecified atom stereocenters. The highest BCUT2D eigenvalue weighted by Crippen LogP contribution is 2.38. The third-order valence-corrected chi connectivity index (χ3v) is 5.14. The van der Waals surface area contributed by atoms with E-state index in [1.165, 1.54) is 19.3 Å². The Bertz CT molecular complexity index is 353. The van der Waals surface area contributed by atoms with Crippen LogP contribution in [0.4, 0.5) is 0 Å². The van der Waals surface area contributed by atoms with Crippen LogP contribution in [0.2, 0.25) is 0 Å². The lowest BCUT2D eigenvalue weighted by molar-refractivity contribution is -0.145. The van der Waals surface area contributed by atoms with Crippen molar-refractivity contribution in [3.8, 4) is 0 Å². The summed E-state index contributed by atoms with van der Waals surface area (Å²) in [7, 11) is 0. The molecule has 4 heteroatoms. The Hall–Kier alpha value is -1.06. The van der Waals surface area contributed by atoms with Crippen molar-refractivity contribution in [2.45, 2.75) is 64.7 Å². The van der Waals surface area contributed by atoms with E-state index in [2.05, 4.69) is 6.92 Å². The summed E-state index contributed by atoms with van der Waals surface area (Å²) < 4.78 is 0. The van der Waals surface area contributed by atoms with Gasteiger partial charge in [-0.05, 0) is 38.0 Å². The van der Waals surface area contributed by atoms with Gasteiger partial charge < -0.3 is 10.0 Å². The number of carboxylic acids is 1. The third kappa shape index (κ3) is 3.74. The van der Waals surface area contributed by atoms with E-state index < -0.39 is 5.97 Å². The zero-order valence-corrected chi connectivity index (χ0v) is 12.6. The highest BCUT2D eigenvalue weighted by molar-refractivity contribution is 5.82. The summed E-state index contributed by atoms with van der Waals surface area (Å²) in [6.07, 6.45) is 8.64. The molecule has 1 heterocycles. The fraction of sp³-hybridized carbons (Fsp3) is 0.875. The van der Waals surface area contributed by atoms with E-state index in [9.17, 15) is 9.59 Å². The van der Waals surface area contributed by atoms with Crippen molar-refractivity contribution >= 4 is 11.9 Å². The van der Waals surface area contributed by atoms with Crippen LogP contribution in [-0.2, 0) is 9.59 Å². The lowest BCUT2D eigenvalue weighted by Crippen LogP contribution is -2.47. The first kappa shape index (κ1) is 15.3. The minimum absolute atomic E-state index is 0.133. The average molecular weight is 281 g/mol. The van der Waals surface area contributed by atoms with Gasteiger partial charge in [0, 0.05) is 24.9 Å². The summed E-state index contributed by atoms with van der Waals surface area (Å²) in [6, 6.07) is 0. The number of aliphatic carboxylic acids is 1. The van der Waals surface area contributed by atoms with Crippen LogP contribution in [0.25, 0.3) is 0 Å². The molecule has 0 radical (unpaired) electrons. The number of likely N-dealkylation sites (tertiary alicyclic amines) is 1. The molecule has 114 valence electrons. The maximum Gasteiger partial charge on any atom is 0.303 e. The van der Waals surface area contributed by atoms with Crippen LogP contribution < -0.4 is 0 Å². The summed E-state index contributed by atoms with van der Waals surface area (Å²) in [5.41, 5.74) is -0.133. The number of carbonyl (C=O) groups is 2. The molecule has 1 saturated carbocycles. The number of carboxylic acid groups (broad SMARTS) is 1. The third-order valence-electron chi connectivity index (χ3n) is 5.14. The van der Waals surface area contributed by atoms with Crippen molar-refractivity contribution in [3.05, 3.63) is 0 Å². The average Bonchev–Trinajstić information content (AvgIpc) is 2.45. The van der Waals surface area contributed by atoms with Gasteiger partial charge in [0.05, 0.1) is 0 Å². The van der Waals surface area contributed by atoms with Crippen LogP contribution in [0, 0.1) is 11.3 Å². The molecule has 2 rings (SSSR count). The van der Waals surface area contributed by atoms with Crippen molar-refractivity contribution in [1.82, 2.24) is 4.90 Å². The van der Waals surface area contributed by atoms with E-state index in [4.69, 9.17) is 5.11 Å². The number of nitrogens with zero attached hydrogens (tertiary/aromatic N) is 1. The minimum atomic E-state index is -0.710. The predicted octanol–water partition coefficient (Wildman–Crippen LogP) is 3.06. The SMILES string of the molecule is CC1(C(=O)N2CCC(CCC(=O)O)CC2)CCCCC1. The first-order chi connectivity index (χ1) is 9.51. The second kappa shape index (κ2) is 6.59. The van der Waals surface area contributed by atoms with E-state index in [1.54, 1.807) is 0 Å². The van der Waals surface area contributed by atoms with Gasteiger partial charge in [0.2, 0.25) is 5.91 Å². The van der Waals surface area contributed by atoms with E-state index in [0.29, 0.717) is 11.8 Å². The second-order valence-corrected chi connectivity index (χ2v) is 6.79. The van der Waals surface area contributed by atoms with Crippen molar-refractivity contribution in [1.29, 1.82) is 0 Å². The molecule has 0 spiro atoms. The van der Waals surface area contributed by atoms with E-state index in [1.807, 2.05) is 4.90 Å². The van der Waals surface area contributed by atoms with Gasteiger partial charge in [-0.2, -0.15) is 0 Å². The molecular formula is C16H27NO3. The lowest BCUT2D eigenvalue weighted by Gasteiger charge is -2.40. The number of rotatable bonds is 4. The lowest BCUT2D eigenvalue weighted by atomic mass is 9.74. The molecule has 0 atom stereocenters. The molecule has 2 aliphatic rings. The van der Waals surface area contributed by atoms with Gasteiger partial charge in [-0.1, -0.05) is 26.2 Å². The number of hydrogen-bond acceptors (Lipinski definition) is 2. The van der Waals surface area contributed by atoms with Gasteiger partial charge in [0.1, 0.15) is 0 Å². The monoisotopic (exact) mass is 281 g/mol. The Kier molecular flexibility index (Phi) is 5.06. The van der Waals surface area contributed by atoms with Crippen LogP contribution in [0.5, 0.6) is 0 Å². The fourth-order valence-electron chi connectivity index (χ4n) is 3.68. The molecule has 1 aliphatic carbocycles. The minimum Gasteiger partial charge on any atom is -0.481 e. The van der Waals surface area contributed by atoms with E-state index >= 15 is 0 Å². The van der Waals surface area contributed by atoms with E-state index in [0.717, 1.165) is 45.2 Å². The molecular weight excluding hydrogens is 254 g/mol. The van der Waals surface area contributed by atoms with Crippen molar-refractivity contribution in [2.75, 3.05) is 13.1 Å². The summed E-state index contributed by atoms with van der Waals surface area (Å²) in [5, 5.41) is 8.72. The molecule has 0 aromatic carbocycles. The molecule has 1 N–H and O–H groups in total. The molecule has 0 bridgehead atoms. The molecule has 2 fully saturated rings. The van der Waals surface area contributed by atoms with Gasteiger partial charge in [0.25, 0.3) is 0 Å². The molecule has 1 saturated heterocycles. The van der Waals surface area contributed by atoms with Gasteiger partial charge in [0.15, 0.2) is 0 Å². The normalized spacial score (nSPS) is 23.6. The van der Waals surface area contributed by atoms with Crippen LogP contribution in [0.1, 0.15) is 64.7 Å². The smallest absolute Gasteiger partial charge is 0.303 e. The molecule has 0 aromatic heterocycles. The quantitative estimate of drug-likeness (QED) is 0.861. The number of carbonyl (C=O) groups excluding carboxylic acids is 1. The van der Waals surface area contributed by atoms with E-state index in [-0.39, 0.29) is 11.8 Å². The van der Waals surface area contributed by atoms with Crippen LogP contribution in [0.3, 0.4) is 0 Å². The number of hydrogen-bond donors (Lipinski definition) is 1. The van der Waals surface area contributed by atoms with Crippen LogP contribution >= 0.6 is 0 Å². The highest BCUT2D eigenvalue weighted by atomic mass is 16.4. The Morgan fingerprint density at radius 2 is 1.75 bits per heavy atom. The highest BCUT2D eigenvalue weighted by Gasteiger charge is 2.38. The Labute approximate surface area is 121 Å². The Morgan fingerprint density at radius 3 is 2.30 bits per heavy atom. The molecule has 20 heavy (non-hydrogen) atoms. The first-order valence-corrected chi connectivity index (χ1v) is 8.02. The standard InChI is InChI=1S/C16H27NO3/c1-16(9-3-2-4-10-16)15(20)17-11-7-13(8-12-17)5-6-14(18)19/h13H,2-12H2,1H3,(H,18,19). The van der Waals surface area contributed by atoms with Crippen LogP contribution in [0.15, 0.2) is 0 Å². The maximum absolute atomic E-state index is 12.7. The van der Waals surface area contributed by atoms with Gasteiger partial charge in [-0.3, -0.25) is 9.59 Å². The van der Waals surface area contributed by atoms with Gasteiger partial charge in [-0.25, -0.2) is 0 Å². The predicted molar refractivity (Wildman–Crippen MR) is 77.4 cm³/mol. The summed E-state index contributed by atoms with van der Waals surface area (Å²) in [5.74, 6) is 0.112. The van der Waals surface area contributed by atoms with Gasteiger partial charge >= 0.3 is 5.97 Å². The maximum atomic E-state index is 12.7. The summed E-state index contributed by atoms with van der Waals surface area (Å²) in [4.78, 5) is 25.3. The molecule has 1 aliphatic heterocycles. The number of amides is 1. The van der Waals surface area contributed by atoms with Crippen molar-refractivity contribution in [3.63, 3.8) is 0 Å². The Balaban J connectivity index is 1.81. The summed E-state index contributed by atoms with van der Waals surface area (Å²) >= 11 is 0. The van der Waals surface area contributed by atoms with Crippen LogP contribution in [-0.4, -0.2) is 35.0 Å². The molecule has 0 aromatic rings. The zero-order chi connectivity index (χ0) is 14.6. The van der Waals surface area contributed by atoms with Crippen molar-refractivity contribution < 1.29 is 14.7 Å². The Morgan fingerprint density at radius 1 is 1.15 bits per heavy atom. The fourth-order valence-corrected chi connectivity index (χ4v) is 3.68. The second-order valence-electron chi connectivity index (χ2n) is 6.79. The largest absolute Gasteiger partial charge is 0.481 e. The summed E-state index contributed by atoms with van der Waals surface area (Å²) in [6.45, 7) is 3.77. The topological polar surface area (TPSA) is 57.6 Å². The molecule has 1 amide bonds. The van der Waals surface area contributed by atoms with Gasteiger partial charge in [-0.15, -0.1) is 0 Å².